The molecule has 1 fully saturated rings. The highest BCUT2D eigenvalue weighted by atomic mass is 32.1. The van der Waals surface area contributed by atoms with Crippen molar-refractivity contribution in [1.82, 2.24) is 19.7 Å². The van der Waals surface area contributed by atoms with Gasteiger partial charge in [-0.15, -0.1) is 11.3 Å². The number of aromatic nitrogens is 4. The average Bonchev–Trinajstić information content (AvgIpc) is 3.35. The van der Waals surface area contributed by atoms with Crippen molar-refractivity contribution in [3.05, 3.63) is 53.9 Å². The number of aliphatic hydroxyl groups is 1. The normalized spacial score (nSPS) is 19.3. The van der Waals surface area contributed by atoms with Gasteiger partial charge in [0.05, 0.1) is 32.6 Å². The van der Waals surface area contributed by atoms with Crippen molar-refractivity contribution in [3.8, 4) is 22.8 Å². The van der Waals surface area contributed by atoms with E-state index in [9.17, 15) is 5.11 Å². The molecule has 1 aromatic carbocycles. The fourth-order valence-electron chi connectivity index (χ4n) is 4.18. The summed E-state index contributed by atoms with van der Waals surface area (Å²) in [5, 5.41) is 15.6. The first-order valence-electron chi connectivity index (χ1n) is 10.3. The molecule has 6 nitrogen and oxygen atoms in total. The van der Waals surface area contributed by atoms with Gasteiger partial charge in [-0.2, -0.15) is 5.10 Å². The molecule has 7 heteroatoms. The SMILES string of the molecule is Cn1nccc1-c1cnccc1Oc1ccc2nc(C[C@@H]3CCCC[C@H]3O)sc2c1. The van der Waals surface area contributed by atoms with Gasteiger partial charge in [0.1, 0.15) is 11.5 Å². The largest absolute Gasteiger partial charge is 0.456 e. The highest BCUT2D eigenvalue weighted by molar-refractivity contribution is 7.18. The summed E-state index contributed by atoms with van der Waals surface area (Å²) in [5.74, 6) is 1.83. The molecule has 0 amide bonds. The summed E-state index contributed by atoms with van der Waals surface area (Å²) >= 11 is 1.69. The van der Waals surface area contributed by atoms with Gasteiger partial charge in [0.15, 0.2) is 0 Å². The predicted octanol–water partition coefficient (Wildman–Crippen LogP) is 4.98. The second-order valence-electron chi connectivity index (χ2n) is 7.87. The molecule has 3 aromatic heterocycles. The van der Waals surface area contributed by atoms with Crippen molar-refractivity contribution in [2.45, 2.75) is 38.2 Å². The van der Waals surface area contributed by atoms with Crippen LogP contribution in [0.5, 0.6) is 11.5 Å². The molecule has 30 heavy (non-hydrogen) atoms. The lowest BCUT2D eigenvalue weighted by atomic mass is 9.84. The molecule has 154 valence electrons. The minimum atomic E-state index is -0.193. The fourth-order valence-corrected chi connectivity index (χ4v) is 5.27. The number of pyridine rings is 1. The zero-order valence-corrected chi connectivity index (χ0v) is 17.7. The number of thiazole rings is 1. The van der Waals surface area contributed by atoms with Crippen LogP contribution < -0.4 is 4.74 Å². The van der Waals surface area contributed by atoms with E-state index < -0.39 is 0 Å². The minimum absolute atomic E-state index is 0.193. The maximum Gasteiger partial charge on any atom is 0.139 e. The number of fused-ring (bicyclic) bond motifs is 1. The van der Waals surface area contributed by atoms with Gasteiger partial charge >= 0.3 is 0 Å². The van der Waals surface area contributed by atoms with E-state index in [0.717, 1.165) is 63.7 Å². The quantitative estimate of drug-likeness (QED) is 0.493. The van der Waals surface area contributed by atoms with E-state index in [0.29, 0.717) is 5.92 Å². The molecule has 1 saturated carbocycles. The van der Waals surface area contributed by atoms with Crippen molar-refractivity contribution in [2.75, 3.05) is 0 Å². The van der Waals surface area contributed by atoms with Gasteiger partial charge in [-0.25, -0.2) is 4.98 Å². The van der Waals surface area contributed by atoms with Crippen LogP contribution in [-0.2, 0) is 13.5 Å². The first-order chi connectivity index (χ1) is 14.7. The van der Waals surface area contributed by atoms with Gasteiger partial charge in [-0.1, -0.05) is 12.8 Å². The van der Waals surface area contributed by atoms with Gasteiger partial charge in [0, 0.05) is 38.1 Å². The first kappa shape index (κ1) is 19.2. The van der Waals surface area contributed by atoms with Crippen molar-refractivity contribution >= 4 is 21.6 Å². The Bertz CT molecular complexity index is 1170. The second-order valence-corrected chi connectivity index (χ2v) is 8.98. The Morgan fingerprint density at radius 1 is 1.17 bits per heavy atom. The number of hydrogen-bond acceptors (Lipinski definition) is 6. The topological polar surface area (TPSA) is 73.1 Å². The molecule has 5 rings (SSSR count). The second kappa shape index (κ2) is 8.16. The van der Waals surface area contributed by atoms with Gasteiger partial charge in [0.2, 0.25) is 0 Å². The van der Waals surface area contributed by atoms with E-state index in [1.54, 1.807) is 29.9 Å². The third-order valence-corrected chi connectivity index (χ3v) is 6.86. The highest BCUT2D eigenvalue weighted by Gasteiger charge is 2.24. The molecule has 1 aliphatic carbocycles. The average molecular weight is 421 g/mol. The lowest BCUT2D eigenvalue weighted by Crippen LogP contribution is -2.26. The molecule has 4 aromatic rings. The standard InChI is InChI=1S/C23H24N4O2S/c1-27-19(8-11-25-27)17-14-24-10-9-21(17)29-16-6-7-18-22(13-16)30-23(26-18)12-15-4-2-3-5-20(15)28/h6-11,13-15,20,28H,2-5,12H2,1H3/t15-,20+/m0/s1. The Labute approximate surface area is 179 Å². The Kier molecular flexibility index (Phi) is 5.23. The van der Waals surface area contributed by atoms with Crippen LogP contribution in [0.25, 0.3) is 21.5 Å². The van der Waals surface area contributed by atoms with Crippen LogP contribution in [0.4, 0.5) is 0 Å². The van der Waals surface area contributed by atoms with Crippen LogP contribution in [0.15, 0.2) is 48.9 Å². The van der Waals surface area contributed by atoms with Crippen LogP contribution >= 0.6 is 11.3 Å². The lowest BCUT2D eigenvalue weighted by molar-refractivity contribution is 0.0700. The third-order valence-electron chi connectivity index (χ3n) is 5.82. The Hall–Kier alpha value is -2.77. The molecule has 1 N–H and O–H groups in total. The Morgan fingerprint density at radius 3 is 2.90 bits per heavy atom. The molecular formula is C23H24N4O2S. The van der Waals surface area contributed by atoms with Gasteiger partial charge in [-0.05, 0) is 43.0 Å². The molecule has 0 radical (unpaired) electrons. The molecule has 3 heterocycles. The third kappa shape index (κ3) is 3.82. The summed E-state index contributed by atoms with van der Waals surface area (Å²) in [6, 6.07) is 9.82. The lowest BCUT2D eigenvalue weighted by Gasteiger charge is -2.26. The van der Waals surface area contributed by atoms with Crippen LogP contribution in [0.3, 0.4) is 0 Å². The molecule has 0 spiro atoms. The number of nitrogens with zero attached hydrogens (tertiary/aromatic N) is 4. The highest BCUT2D eigenvalue weighted by Crippen LogP contribution is 2.35. The van der Waals surface area contributed by atoms with E-state index in [4.69, 9.17) is 9.72 Å². The summed E-state index contributed by atoms with van der Waals surface area (Å²) in [6.07, 6.45) is 10.3. The molecule has 0 bridgehead atoms. The predicted molar refractivity (Wildman–Crippen MR) is 118 cm³/mol. The summed E-state index contributed by atoms with van der Waals surface area (Å²) in [5.41, 5.74) is 2.83. The van der Waals surface area contributed by atoms with Crippen molar-refractivity contribution in [3.63, 3.8) is 0 Å². The molecule has 2 atom stereocenters. The maximum atomic E-state index is 10.3. The molecular weight excluding hydrogens is 396 g/mol. The van der Waals surface area contributed by atoms with E-state index in [1.165, 1.54) is 6.42 Å². The van der Waals surface area contributed by atoms with E-state index in [-0.39, 0.29) is 6.10 Å². The van der Waals surface area contributed by atoms with Crippen LogP contribution in [0.1, 0.15) is 30.7 Å². The maximum absolute atomic E-state index is 10.3. The molecule has 0 unspecified atom stereocenters. The van der Waals surface area contributed by atoms with Crippen LogP contribution in [0, 0.1) is 5.92 Å². The summed E-state index contributed by atoms with van der Waals surface area (Å²) in [6.45, 7) is 0. The monoisotopic (exact) mass is 420 g/mol. The summed E-state index contributed by atoms with van der Waals surface area (Å²) < 4.78 is 9.14. The Balaban J connectivity index is 1.39. The molecule has 1 aliphatic rings. The molecule has 0 saturated heterocycles. The van der Waals surface area contributed by atoms with Crippen molar-refractivity contribution in [1.29, 1.82) is 0 Å². The summed E-state index contributed by atoms with van der Waals surface area (Å²) in [7, 11) is 1.90. The molecule has 0 aliphatic heterocycles. The zero-order chi connectivity index (χ0) is 20.5. The summed E-state index contributed by atoms with van der Waals surface area (Å²) in [4.78, 5) is 9.04. The number of aliphatic hydroxyl groups excluding tert-OH is 1. The fraction of sp³-hybridized carbons (Fsp3) is 0.348. The van der Waals surface area contributed by atoms with E-state index in [2.05, 4.69) is 10.1 Å². The number of ether oxygens (including phenoxy) is 1. The smallest absolute Gasteiger partial charge is 0.139 e. The van der Waals surface area contributed by atoms with Crippen LogP contribution in [0.2, 0.25) is 0 Å². The van der Waals surface area contributed by atoms with Gasteiger partial charge in [-0.3, -0.25) is 9.67 Å². The van der Waals surface area contributed by atoms with E-state index >= 15 is 0 Å². The number of rotatable bonds is 5. The Morgan fingerprint density at radius 2 is 2.07 bits per heavy atom. The number of aryl methyl sites for hydroxylation is 1. The number of benzene rings is 1. The van der Waals surface area contributed by atoms with E-state index in [1.807, 2.05) is 42.1 Å². The van der Waals surface area contributed by atoms with Gasteiger partial charge in [0.25, 0.3) is 0 Å². The van der Waals surface area contributed by atoms with Crippen molar-refractivity contribution < 1.29 is 9.84 Å². The van der Waals surface area contributed by atoms with Crippen molar-refractivity contribution in [2.24, 2.45) is 13.0 Å². The zero-order valence-electron chi connectivity index (χ0n) is 16.9. The first-order valence-corrected chi connectivity index (χ1v) is 11.2. The number of hydrogen-bond donors (Lipinski definition) is 1. The van der Waals surface area contributed by atoms with Gasteiger partial charge < -0.3 is 9.84 Å². The van der Waals surface area contributed by atoms with Crippen LogP contribution in [-0.4, -0.2) is 31.0 Å². The minimum Gasteiger partial charge on any atom is -0.456 e.